The first-order valence-corrected chi connectivity index (χ1v) is 7.76. The Hall–Kier alpha value is -2.01. The number of aromatic nitrogens is 2. The van der Waals surface area contributed by atoms with Gasteiger partial charge in [0.15, 0.2) is 5.69 Å². The average molecular weight is 320 g/mol. The summed E-state index contributed by atoms with van der Waals surface area (Å²) in [4.78, 5) is 13.3. The van der Waals surface area contributed by atoms with Gasteiger partial charge in [-0.3, -0.25) is 4.68 Å². The quantitative estimate of drug-likeness (QED) is 0.941. The molecule has 1 aromatic heterocycles. The summed E-state index contributed by atoms with van der Waals surface area (Å²) in [7, 11) is 1.73. The fourth-order valence-corrected chi connectivity index (χ4v) is 3.20. The van der Waals surface area contributed by atoms with Gasteiger partial charge >= 0.3 is 5.97 Å². The molecule has 0 atom stereocenters. The van der Waals surface area contributed by atoms with Gasteiger partial charge in [-0.2, -0.15) is 5.10 Å². The minimum atomic E-state index is -1.03. The minimum Gasteiger partial charge on any atom is -0.476 e. The van der Waals surface area contributed by atoms with Gasteiger partial charge in [-0.15, -0.1) is 0 Å². The molecule has 1 aliphatic heterocycles. The molecule has 1 fully saturated rings. The maximum atomic E-state index is 11.0. The van der Waals surface area contributed by atoms with Gasteiger partial charge in [0.2, 0.25) is 0 Å². The lowest BCUT2D eigenvalue weighted by Crippen LogP contribution is -2.29. The summed E-state index contributed by atoms with van der Waals surface area (Å²) in [5.74, 6) is -1.03. The van der Waals surface area contributed by atoms with Crippen LogP contribution in [0.5, 0.6) is 0 Å². The van der Waals surface area contributed by atoms with Gasteiger partial charge in [-0.25, -0.2) is 4.79 Å². The van der Waals surface area contributed by atoms with Gasteiger partial charge in [-0.1, -0.05) is 17.7 Å². The van der Waals surface area contributed by atoms with E-state index in [0.717, 1.165) is 30.0 Å². The van der Waals surface area contributed by atoms with Crippen LogP contribution in [0.1, 0.15) is 29.8 Å². The monoisotopic (exact) mass is 319 g/mol. The summed E-state index contributed by atoms with van der Waals surface area (Å²) < 4.78 is 1.57. The highest BCUT2D eigenvalue weighted by Gasteiger charge is 2.17. The second kappa shape index (κ2) is 6.01. The lowest BCUT2D eigenvalue weighted by Gasteiger charge is -2.29. The second-order valence-electron chi connectivity index (χ2n) is 5.56. The highest BCUT2D eigenvalue weighted by atomic mass is 35.5. The Morgan fingerprint density at radius 2 is 1.95 bits per heavy atom. The van der Waals surface area contributed by atoms with E-state index in [0.29, 0.717) is 5.02 Å². The number of rotatable bonds is 3. The van der Waals surface area contributed by atoms with Crippen molar-refractivity contribution >= 4 is 23.3 Å². The molecule has 0 unspecified atom stereocenters. The standard InChI is InChI=1S/C16H18ClN3O2/c1-19-15(10-13(18-19)16(21)22)11-5-6-14(12(17)9-11)20-7-3-2-4-8-20/h5-6,9-10H,2-4,7-8H2,1H3,(H,21,22). The van der Waals surface area contributed by atoms with Crippen molar-refractivity contribution in [2.75, 3.05) is 18.0 Å². The largest absolute Gasteiger partial charge is 0.476 e. The molecule has 3 rings (SSSR count). The zero-order valence-electron chi connectivity index (χ0n) is 12.4. The van der Waals surface area contributed by atoms with Crippen LogP contribution in [0.4, 0.5) is 5.69 Å². The number of hydrogen-bond donors (Lipinski definition) is 1. The zero-order valence-corrected chi connectivity index (χ0v) is 13.2. The third-order valence-electron chi connectivity index (χ3n) is 4.04. The number of aryl methyl sites for hydroxylation is 1. The van der Waals surface area contributed by atoms with Crippen LogP contribution in [0.3, 0.4) is 0 Å². The van der Waals surface area contributed by atoms with E-state index in [2.05, 4.69) is 10.00 Å². The van der Waals surface area contributed by atoms with Crippen LogP contribution in [-0.4, -0.2) is 33.9 Å². The van der Waals surface area contributed by atoms with Gasteiger partial charge in [0.1, 0.15) is 0 Å². The van der Waals surface area contributed by atoms with Crippen LogP contribution < -0.4 is 4.90 Å². The number of carbonyl (C=O) groups is 1. The number of nitrogens with zero attached hydrogens (tertiary/aromatic N) is 3. The minimum absolute atomic E-state index is 0.0359. The van der Waals surface area contributed by atoms with Crippen molar-refractivity contribution in [3.05, 3.63) is 35.0 Å². The fraction of sp³-hybridized carbons (Fsp3) is 0.375. The van der Waals surface area contributed by atoms with Gasteiger partial charge in [0.25, 0.3) is 0 Å². The van der Waals surface area contributed by atoms with E-state index in [9.17, 15) is 4.79 Å². The third kappa shape index (κ3) is 2.81. The van der Waals surface area contributed by atoms with Crippen molar-refractivity contribution in [2.45, 2.75) is 19.3 Å². The van der Waals surface area contributed by atoms with Gasteiger partial charge in [-0.05, 0) is 37.5 Å². The molecule has 1 aromatic carbocycles. The number of carboxylic acid groups (broad SMARTS) is 1. The van der Waals surface area contributed by atoms with E-state index in [4.69, 9.17) is 16.7 Å². The molecule has 0 spiro atoms. The molecule has 5 nitrogen and oxygen atoms in total. The second-order valence-corrected chi connectivity index (χ2v) is 5.96. The van der Waals surface area contributed by atoms with E-state index in [1.807, 2.05) is 18.2 Å². The van der Waals surface area contributed by atoms with Gasteiger partial charge in [0, 0.05) is 25.7 Å². The predicted molar refractivity (Wildman–Crippen MR) is 86.7 cm³/mol. The lowest BCUT2D eigenvalue weighted by molar-refractivity contribution is 0.0689. The molecular formula is C16H18ClN3O2. The molecule has 0 radical (unpaired) electrons. The van der Waals surface area contributed by atoms with Crippen molar-refractivity contribution in [3.63, 3.8) is 0 Å². The molecule has 6 heteroatoms. The Morgan fingerprint density at radius 3 is 2.55 bits per heavy atom. The first-order chi connectivity index (χ1) is 10.6. The SMILES string of the molecule is Cn1nc(C(=O)O)cc1-c1ccc(N2CCCCC2)c(Cl)c1. The first-order valence-electron chi connectivity index (χ1n) is 7.38. The van der Waals surface area contributed by atoms with Crippen molar-refractivity contribution in [3.8, 4) is 11.3 Å². The zero-order chi connectivity index (χ0) is 15.7. The number of aromatic carboxylic acids is 1. The summed E-state index contributed by atoms with van der Waals surface area (Å²) >= 11 is 6.45. The first kappa shape index (κ1) is 14.9. The van der Waals surface area contributed by atoms with E-state index >= 15 is 0 Å². The average Bonchev–Trinajstić information content (AvgIpc) is 2.90. The number of hydrogen-bond acceptors (Lipinski definition) is 3. The smallest absolute Gasteiger partial charge is 0.356 e. The van der Waals surface area contributed by atoms with E-state index in [1.54, 1.807) is 17.8 Å². The lowest BCUT2D eigenvalue weighted by atomic mass is 10.1. The molecule has 1 N–H and O–H groups in total. The molecular weight excluding hydrogens is 302 g/mol. The van der Waals surface area contributed by atoms with Crippen LogP contribution in [0, 0.1) is 0 Å². The number of piperidine rings is 1. The normalized spacial score (nSPS) is 15.1. The molecule has 2 aromatic rings. The van der Waals surface area contributed by atoms with Crippen molar-refractivity contribution in [1.82, 2.24) is 9.78 Å². The summed E-state index contributed by atoms with van der Waals surface area (Å²) in [6, 6.07) is 7.43. The molecule has 1 saturated heterocycles. The highest BCUT2D eigenvalue weighted by molar-refractivity contribution is 6.33. The third-order valence-corrected chi connectivity index (χ3v) is 4.34. The van der Waals surface area contributed by atoms with Crippen molar-refractivity contribution < 1.29 is 9.90 Å². The van der Waals surface area contributed by atoms with Crippen molar-refractivity contribution in [2.24, 2.45) is 7.05 Å². The van der Waals surface area contributed by atoms with Gasteiger partial charge < -0.3 is 10.0 Å². The van der Waals surface area contributed by atoms with Crippen LogP contribution in [0.25, 0.3) is 11.3 Å². The molecule has 0 bridgehead atoms. The molecule has 116 valence electrons. The Bertz CT molecular complexity index is 705. The highest BCUT2D eigenvalue weighted by Crippen LogP contribution is 2.32. The topological polar surface area (TPSA) is 58.4 Å². The number of halogens is 1. The Balaban J connectivity index is 1.93. The molecule has 2 heterocycles. The van der Waals surface area contributed by atoms with Crippen LogP contribution in [-0.2, 0) is 7.05 Å². The summed E-state index contributed by atoms with van der Waals surface area (Å²) in [5, 5.41) is 13.7. The molecule has 0 amide bonds. The number of anilines is 1. The van der Waals surface area contributed by atoms with Crippen molar-refractivity contribution in [1.29, 1.82) is 0 Å². The number of benzene rings is 1. The molecule has 0 aliphatic carbocycles. The Kier molecular flexibility index (Phi) is 4.07. The molecule has 1 aliphatic rings. The van der Waals surface area contributed by atoms with Gasteiger partial charge in [0.05, 0.1) is 16.4 Å². The molecule has 0 saturated carbocycles. The fourth-order valence-electron chi connectivity index (χ4n) is 2.90. The number of carboxylic acids is 1. The van der Waals surface area contributed by atoms with Crippen LogP contribution in [0.15, 0.2) is 24.3 Å². The van der Waals surface area contributed by atoms with E-state index < -0.39 is 5.97 Å². The van der Waals surface area contributed by atoms with Crippen LogP contribution in [0.2, 0.25) is 5.02 Å². The Labute approximate surface area is 134 Å². The maximum absolute atomic E-state index is 11.0. The summed E-state index contributed by atoms with van der Waals surface area (Å²) in [5.41, 5.74) is 2.69. The predicted octanol–water partition coefficient (Wildman–Crippen LogP) is 3.43. The molecule has 22 heavy (non-hydrogen) atoms. The summed E-state index contributed by atoms with van der Waals surface area (Å²) in [6.45, 7) is 2.07. The van der Waals surface area contributed by atoms with E-state index in [1.165, 1.54) is 19.3 Å². The maximum Gasteiger partial charge on any atom is 0.356 e. The Morgan fingerprint density at radius 1 is 1.23 bits per heavy atom. The van der Waals surface area contributed by atoms with E-state index in [-0.39, 0.29) is 5.69 Å². The van der Waals surface area contributed by atoms with Crippen LogP contribution >= 0.6 is 11.6 Å². The summed E-state index contributed by atoms with van der Waals surface area (Å²) in [6.07, 6.45) is 3.67.